The number of fused-ring (bicyclic) bond motifs is 6. The van der Waals surface area contributed by atoms with Crippen molar-refractivity contribution in [2.75, 3.05) is 0 Å². The van der Waals surface area contributed by atoms with Crippen molar-refractivity contribution >= 4 is 43.0 Å². The van der Waals surface area contributed by atoms with Gasteiger partial charge in [-0.1, -0.05) is 43.0 Å². The van der Waals surface area contributed by atoms with E-state index in [4.69, 9.17) is 0 Å². The molecule has 0 heterocycles. The third-order valence-electron chi connectivity index (χ3n) is 8.62. The summed E-state index contributed by atoms with van der Waals surface area (Å²) in [5, 5.41) is 0. The fourth-order valence-electron chi connectivity index (χ4n) is 7.02. The first-order valence-corrected chi connectivity index (χ1v) is 14.2. The maximum Gasteiger partial charge on any atom is 0.0216 e. The second-order valence-corrected chi connectivity index (χ2v) is 12.2. The Labute approximate surface area is 209 Å². The molecule has 0 nitrogen and oxygen atoms in total. The van der Waals surface area contributed by atoms with Gasteiger partial charge in [0.25, 0.3) is 0 Å². The van der Waals surface area contributed by atoms with Gasteiger partial charge in [0.15, 0.2) is 0 Å². The van der Waals surface area contributed by atoms with Crippen LogP contribution < -0.4 is 0 Å². The van der Waals surface area contributed by atoms with Gasteiger partial charge in [-0.15, -0.1) is 0 Å². The highest BCUT2D eigenvalue weighted by Crippen LogP contribution is 2.47. The Morgan fingerprint density at radius 2 is 0.938 bits per heavy atom. The third-order valence-corrected chi connectivity index (χ3v) is 10.0. The van der Waals surface area contributed by atoms with Crippen molar-refractivity contribution in [3.8, 4) is 0 Å². The summed E-state index contributed by atoms with van der Waals surface area (Å²) < 4.78 is 2.71. The van der Waals surface area contributed by atoms with Crippen molar-refractivity contribution in [3.63, 3.8) is 0 Å². The molecule has 0 fully saturated rings. The van der Waals surface area contributed by atoms with Crippen LogP contribution in [-0.2, 0) is 38.5 Å². The van der Waals surface area contributed by atoms with Gasteiger partial charge in [-0.3, -0.25) is 0 Å². The molecule has 0 aliphatic heterocycles. The summed E-state index contributed by atoms with van der Waals surface area (Å²) >= 11 is 7.87. The van der Waals surface area contributed by atoms with E-state index in [1.165, 1.54) is 86.0 Å². The molecule has 4 aliphatic carbocycles. The maximum absolute atomic E-state index is 3.94. The molecule has 0 amide bonds. The molecule has 0 spiro atoms. The minimum Gasteiger partial charge on any atom is -0.0651 e. The normalized spacial score (nSPS) is 19.2. The summed E-state index contributed by atoms with van der Waals surface area (Å²) in [5.74, 6) is 0. The van der Waals surface area contributed by atoms with Crippen LogP contribution in [0.25, 0.3) is 11.1 Å². The van der Waals surface area contributed by atoms with Crippen LogP contribution in [0.5, 0.6) is 0 Å². The molecule has 0 unspecified atom stereocenters. The van der Waals surface area contributed by atoms with E-state index in [1.807, 2.05) is 0 Å². The van der Waals surface area contributed by atoms with E-state index in [0.29, 0.717) is 0 Å². The molecule has 2 aromatic rings. The number of hydrogen-bond acceptors (Lipinski definition) is 0. The van der Waals surface area contributed by atoms with E-state index < -0.39 is 0 Å². The zero-order valence-corrected chi connectivity index (χ0v) is 22.6. The van der Waals surface area contributed by atoms with Crippen LogP contribution >= 0.6 is 31.9 Å². The second kappa shape index (κ2) is 8.27. The minimum absolute atomic E-state index is 1.17. The molecule has 0 atom stereocenters. The first-order valence-electron chi connectivity index (χ1n) is 12.6. The largest absolute Gasteiger partial charge is 0.0651 e. The lowest BCUT2D eigenvalue weighted by Gasteiger charge is -2.22. The van der Waals surface area contributed by atoms with Crippen molar-refractivity contribution in [1.29, 1.82) is 0 Å². The molecule has 0 N–H and O–H groups in total. The molecular weight excluding hydrogens is 520 g/mol. The average Bonchev–Trinajstić information content (AvgIpc) is 3.28. The highest BCUT2D eigenvalue weighted by molar-refractivity contribution is 9.10. The minimum atomic E-state index is 1.17. The topological polar surface area (TPSA) is 0 Å². The molecule has 166 valence electrons. The van der Waals surface area contributed by atoms with Crippen LogP contribution in [0, 0.1) is 0 Å². The van der Waals surface area contributed by atoms with Crippen molar-refractivity contribution in [2.24, 2.45) is 0 Å². The Kier molecular flexibility index (Phi) is 5.54. The van der Waals surface area contributed by atoms with Gasteiger partial charge in [0, 0.05) is 8.95 Å². The molecule has 6 rings (SSSR count). The zero-order valence-electron chi connectivity index (χ0n) is 19.4. The summed E-state index contributed by atoms with van der Waals surface area (Å²) in [6, 6.07) is 4.92. The van der Waals surface area contributed by atoms with Gasteiger partial charge in [-0.05, 0) is 159 Å². The molecule has 0 saturated heterocycles. The van der Waals surface area contributed by atoms with E-state index in [1.54, 1.807) is 66.8 Å². The van der Waals surface area contributed by atoms with Crippen molar-refractivity contribution < 1.29 is 0 Å². The smallest absolute Gasteiger partial charge is 0.0216 e. The number of allylic oxidation sites excluding steroid dienone is 4. The third kappa shape index (κ3) is 3.35. The number of rotatable bonds is 3. The van der Waals surface area contributed by atoms with Crippen LogP contribution in [0.3, 0.4) is 0 Å². The van der Waals surface area contributed by atoms with E-state index in [-0.39, 0.29) is 0 Å². The zero-order chi connectivity index (χ0) is 22.0. The molecule has 0 bridgehead atoms. The van der Waals surface area contributed by atoms with Crippen LogP contribution in [0.15, 0.2) is 32.2 Å². The van der Waals surface area contributed by atoms with Gasteiger partial charge in [-0.25, -0.2) is 0 Å². The van der Waals surface area contributed by atoms with E-state index in [0.717, 1.165) is 0 Å². The number of benzene rings is 2. The standard InChI is InChI=1S/C30H32Br2/c1-17-13-25-21-7-3-5-9-23(21)29(31)15-27(25)19(17)11-12-20-18(2)14-26-22-8-4-6-10-24(22)30(32)16-28(20)26/h15-16H,3-14H2,1-2H3. The second-order valence-electron chi connectivity index (χ2n) is 10.5. The highest BCUT2D eigenvalue weighted by Gasteiger charge is 2.29. The number of halogens is 2. The Morgan fingerprint density at radius 1 is 0.562 bits per heavy atom. The Bertz CT molecular complexity index is 1110. The molecule has 0 radical (unpaired) electrons. The Morgan fingerprint density at radius 3 is 1.34 bits per heavy atom. The van der Waals surface area contributed by atoms with Crippen LogP contribution in [-0.4, -0.2) is 0 Å². The fourth-order valence-corrected chi connectivity index (χ4v) is 8.36. The monoisotopic (exact) mass is 550 g/mol. The lowest BCUT2D eigenvalue weighted by molar-refractivity contribution is 0.677. The highest BCUT2D eigenvalue weighted by atomic mass is 79.9. The number of hydrogen-bond donors (Lipinski definition) is 0. The van der Waals surface area contributed by atoms with E-state index >= 15 is 0 Å². The molecule has 0 saturated carbocycles. The quantitative estimate of drug-likeness (QED) is 0.356. The van der Waals surface area contributed by atoms with Crippen molar-refractivity contribution in [2.45, 2.75) is 90.9 Å². The van der Waals surface area contributed by atoms with Gasteiger partial charge in [0.1, 0.15) is 0 Å². The summed E-state index contributed by atoms with van der Waals surface area (Å²) in [6.07, 6.45) is 15.1. The van der Waals surface area contributed by atoms with Gasteiger partial charge in [-0.2, -0.15) is 0 Å². The lowest BCUT2D eigenvalue weighted by Crippen LogP contribution is -2.08. The van der Waals surface area contributed by atoms with E-state index in [9.17, 15) is 0 Å². The summed E-state index contributed by atoms with van der Waals surface area (Å²) in [5.41, 5.74) is 19.4. The molecule has 32 heavy (non-hydrogen) atoms. The van der Waals surface area contributed by atoms with Gasteiger partial charge < -0.3 is 0 Å². The Balaban J connectivity index is 1.32. The first kappa shape index (κ1) is 21.4. The lowest BCUT2D eigenvalue weighted by atomic mass is 9.84. The van der Waals surface area contributed by atoms with Crippen LogP contribution in [0.1, 0.15) is 96.9 Å². The van der Waals surface area contributed by atoms with Gasteiger partial charge >= 0.3 is 0 Å². The SMILES string of the molecule is CC1=C(CCC2=C(C)Cc3c2cc(Br)c2c3CCCC2)c2cc(Br)c3c(c2C1)CCCC3. The predicted octanol–water partition coefficient (Wildman–Crippen LogP) is 9.11. The summed E-state index contributed by atoms with van der Waals surface area (Å²) in [7, 11) is 0. The summed E-state index contributed by atoms with van der Waals surface area (Å²) in [6.45, 7) is 4.77. The molecule has 2 aromatic carbocycles. The summed E-state index contributed by atoms with van der Waals surface area (Å²) in [4.78, 5) is 0. The maximum atomic E-state index is 3.94. The van der Waals surface area contributed by atoms with E-state index in [2.05, 4.69) is 57.8 Å². The molecule has 0 aromatic heterocycles. The van der Waals surface area contributed by atoms with Crippen molar-refractivity contribution in [1.82, 2.24) is 0 Å². The fraction of sp³-hybridized carbons (Fsp3) is 0.467. The van der Waals surface area contributed by atoms with Crippen molar-refractivity contribution in [3.05, 3.63) is 76.7 Å². The van der Waals surface area contributed by atoms with Gasteiger partial charge in [0.05, 0.1) is 0 Å². The first-order chi connectivity index (χ1) is 15.5. The van der Waals surface area contributed by atoms with Crippen LogP contribution in [0.4, 0.5) is 0 Å². The van der Waals surface area contributed by atoms with Crippen LogP contribution in [0.2, 0.25) is 0 Å². The van der Waals surface area contributed by atoms with Gasteiger partial charge in [0.2, 0.25) is 0 Å². The Hall–Kier alpha value is -1.12. The predicted molar refractivity (Wildman–Crippen MR) is 143 cm³/mol. The molecule has 2 heteroatoms. The molecular formula is C30H32Br2. The average molecular weight is 552 g/mol. The molecule has 4 aliphatic rings.